The van der Waals surface area contributed by atoms with Crippen molar-refractivity contribution in [3.63, 3.8) is 0 Å². The monoisotopic (exact) mass is 261 g/mol. The van der Waals surface area contributed by atoms with E-state index in [4.69, 9.17) is 5.73 Å². The Hall–Kier alpha value is 0.550. The van der Waals surface area contributed by atoms with Crippen LogP contribution in [0.1, 0.15) is 19.3 Å². The van der Waals surface area contributed by atoms with Gasteiger partial charge in [0.15, 0.2) is 0 Å². The molecule has 0 spiro atoms. The third-order valence-corrected chi connectivity index (χ3v) is 3.17. The summed E-state index contributed by atoms with van der Waals surface area (Å²) in [5, 5.41) is 0. The second-order valence-corrected chi connectivity index (χ2v) is 4.38. The highest BCUT2D eigenvalue weighted by Crippen LogP contribution is 2.35. The van der Waals surface area contributed by atoms with Gasteiger partial charge in [0.25, 0.3) is 0 Å². The number of hydrogen-bond acceptors (Lipinski definition) is 1. The van der Waals surface area contributed by atoms with Crippen molar-refractivity contribution in [2.75, 3.05) is 0 Å². The summed E-state index contributed by atoms with van der Waals surface area (Å²) in [4.78, 5) is 0. The molecule has 0 heterocycles. The zero-order valence-electron chi connectivity index (χ0n) is 5.49. The number of halogens is 3. The number of rotatable bonds is 0. The summed E-state index contributed by atoms with van der Waals surface area (Å²) in [6, 6.07) is -0.0276. The zero-order valence-corrected chi connectivity index (χ0v) is 7.64. The van der Waals surface area contributed by atoms with E-state index in [1.807, 2.05) is 22.6 Å². The number of nitrogens with two attached hydrogens (primary N) is 1. The Kier molecular flexibility index (Phi) is 2.50. The van der Waals surface area contributed by atoms with Gasteiger partial charge in [0.05, 0.1) is 0 Å². The summed E-state index contributed by atoms with van der Waals surface area (Å²) in [5.41, 5.74) is 5.56. The quantitative estimate of drug-likeness (QED) is 0.523. The molecule has 0 aliphatic heterocycles. The van der Waals surface area contributed by atoms with Crippen LogP contribution in [0.2, 0.25) is 0 Å². The lowest BCUT2D eigenvalue weighted by Gasteiger charge is -2.30. The van der Waals surface area contributed by atoms with Crippen molar-refractivity contribution >= 4 is 22.6 Å². The third kappa shape index (κ3) is 2.02. The van der Waals surface area contributed by atoms with Gasteiger partial charge in [-0.1, -0.05) is 22.6 Å². The van der Waals surface area contributed by atoms with Crippen LogP contribution in [-0.2, 0) is 0 Å². The van der Waals surface area contributed by atoms with Gasteiger partial charge in [-0.25, -0.2) is 8.78 Å². The van der Waals surface area contributed by atoms with Gasteiger partial charge in [-0.15, -0.1) is 0 Å². The molecule has 0 aromatic heterocycles. The first-order valence-electron chi connectivity index (χ1n) is 3.29. The summed E-state index contributed by atoms with van der Waals surface area (Å²) >= 11 is 2.00. The molecule has 0 amide bonds. The second kappa shape index (κ2) is 2.89. The average molecular weight is 261 g/mol. The molecule has 2 atom stereocenters. The molecular weight excluding hydrogens is 251 g/mol. The summed E-state index contributed by atoms with van der Waals surface area (Å²) in [7, 11) is 0. The molecule has 0 bridgehead atoms. The summed E-state index contributed by atoms with van der Waals surface area (Å²) < 4.78 is 25.1. The molecule has 0 saturated heterocycles. The zero-order chi connectivity index (χ0) is 7.78. The van der Waals surface area contributed by atoms with Crippen LogP contribution < -0.4 is 5.73 Å². The molecule has 1 aliphatic carbocycles. The van der Waals surface area contributed by atoms with E-state index in [1.165, 1.54) is 0 Å². The highest BCUT2D eigenvalue weighted by atomic mass is 127. The molecule has 60 valence electrons. The third-order valence-electron chi connectivity index (χ3n) is 1.80. The first-order chi connectivity index (χ1) is 4.51. The van der Waals surface area contributed by atoms with Crippen LogP contribution in [0.5, 0.6) is 0 Å². The lowest BCUT2D eigenvalue weighted by Crippen LogP contribution is -2.41. The molecular formula is C6H10F2IN. The minimum atomic E-state index is -2.46. The van der Waals surface area contributed by atoms with Gasteiger partial charge in [0.1, 0.15) is 0 Å². The maximum atomic E-state index is 12.6. The van der Waals surface area contributed by atoms with Gasteiger partial charge in [0, 0.05) is 22.8 Å². The van der Waals surface area contributed by atoms with Crippen LogP contribution in [0.15, 0.2) is 0 Å². The van der Waals surface area contributed by atoms with E-state index < -0.39 is 5.92 Å². The van der Waals surface area contributed by atoms with Crippen LogP contribution >= 0.6 is 22.6 Å². The normalized spacial score (nSPS) is 39.6. The van der Waals surface area contributed by atoms with Crippen molar-refractivity contribution in [1.82, 2.24) is 0 Å². The smallest absolute Gasteiger partial charge is 0.249 e. The van der Waals surface area contributed by atoms with E-state index >= 15 is 0 Å². The summed E-state index contributed by atoms with van der Waals surface area (Å²) in [6.07, 6.45) is 0.378. The molecule has 1 aliphatic rings. The Bertz CT molecular complexity index is 129. The van der Waals surface area contributed by atoms with Crippen molar-refractivity contribution in [1.29, 1.82) is 0 Å². The predicted octanol–water partition coefficient (Wildman–Crippen LogP) is 1.94. The Morgan fingerprint density at radius 2 is 2.10 bits per heavy atom. The van der Waals surface area contributed by atoms with Gasteiger partial charge in [0.2, 0.25) is 5.92 Å². The molecule has 10 heavy (non-hydrogen) atoms. The molecule has 4 heteroatoms. The van der Waals surface area contributed by atoms with Gasteiger partial charge in [-0.3, -0.25) is 0 Å². The Labute approximate surface area is 72.5 Å². The lowest BCUT2D eigenvalue weighted by atomic mass is 9.93. The van der Waals surface area contributed by atoms with Gasteiger partial charge in [-0.05, 0) is 6.42 Å². The van der Waals surface area contributed by atoms with Crippen LogP contribution in [0.4, 0.5) is 8.78 Å². The lowest BCUT2D eigenvalue weighted by molar-refractivity contribution is -0.0334. The van der Waals surface area contributed by atoms with Crippen molar-refractivity contribution in [2.45, 2.75) is 35.2 Å². The molecule has 2 N–H and O–H groups in total. The largest absolute Gasteiger partial charge is 0.327 e. The second-order valence-electron chi connectivity index (χ2n) is 2.78. The average Bonchev–Trinajstić information content (AvgIpc) is 1.79. The van der Waals surface area contributed by atoms with Crippen LogP contribution in [0.25, 0.3) is 0 Å². The number of alkyl halides is 3. The fraction of sp³-hybridized carbons (Fsp3) is 1.00. The highest BCUT2D eigenvalue weighted by Gasteiger charge is 2.38. The fourth-order valence-electron chi connectivity index (χ4n) is 1.10. The molecule has 0 aromatic carbocycles. The van der Waals surface area contributed by atoms with E-state index in [0.29, 0.717) is 6.42 Å². The van der Waals surface area contributed by atoms with E-state index in [9.17, 15) is 8.78 Å². The van der Waals surface area contributed by atoms with Crippen LogP contribution in [0.3, 0.4) is 0 Å². The van der Waals surface area contributed by atoms with Crippen LogP contribution in [0, 0.1) is 0 Å². The Balaban J connectivity index is 2.49. The first-order valence-corrected chi connectivity index (χ1v) is 4.53. The standard InChI is InChI=1S/C6H10F2IN/c7-6(8)2-1-5(10)4(9)3-6/h4-5H,1-3,10H2/t4-,5-/m0/s1. The molecule has 1 fully saturated rings. The Morgan fingerprint density at radius 1 is 1.50 bits per heavy atom. The topological polar surface area (TPSA) is 26.0 Å². The molecule has 1 saturated carbocycles. The fourth-order valence-corrected chi connectivity index (χ4v) is 2.10. The van der Waals surface area contributed by atoms with Crippen LogP contribution in [-0.4, -0.2) is 15.9 Å². The first kappa shape index (κ1) is 8.64. The van der Waals surface area contributed by atoms with Gasteiger partial charge in [-0.2, -0.15) is 0 Å². The van der Waals surface area contributed by atoms with E-state index in [-0.39, 0.29) is 22.8 Å². The minimum absolute atomic E-state index is 0.0276. The molecule has 0 unspecified atom stereocenters. The highest BCUT2D eigenvalue weighted by molar-refractivity contribution is 14.1. The van der Waals surface area contributed by atoms with E-state index in [2.05, 4.69) is 0 Å². The Morgan fingerprint density at radius 3 is 2.50 bits per heavy atom. The molecule has 1 nitrogen and oxygen atoms in total. The van der Waals surface area contributed by atoms with Crippen molar-refractivity contribution in [3.05, 3.63) is 0 Å². The summed E-state index contributed by atoms with van der Waals surface area (Å²) in [5.74, 6) is -2.46. The SMILES string of the molecule is N[C@H]1CCC(F)(F)C[C@@H]1I. The minimum Gasteiger partial charge on any atom is -0.327 e. The van der Waals surface area contributed by atoms with Gasteiger partial charge < -0.3 is 5.73 Å². The maximum Gasteiger partial charge on any atom is 0.249 e. The molecule has 0 radical (unpaired) electrons. The van der Waals surface area contributed by atoms with Crippen molar-refractivity contribution in [2.24, 2.45) is 5.73 Å². The molecule has 0 aromatic rings. The van der Waals surface area contributed by atoms with Gasteiger partial charge >= 0.3 is 0 Å². The summed E-state index contributed by atoms with van der Waals surface area (Å²) in [6.45, 7) is 0. The van der Waals surface area contributed by atoms with Crippen molar-refractivity contribution in [3.8, 4) is 0 Å². The predicted molar refractivity (Wildman–Crippen MR) is 44.6 cm³/mol. The van der Waals surface area contributed by atoms with Crippen molar-refractivity contribution < 1.29 is 8.78 Å². The van der Waals surface area contributed by atoms with E-state index in [1.54, 1.807) is 0 Å². The van der Waals surface area contributed by atoms with E-state index in [0.717, 1.165) is 0 Å². The maximum absolute atomic E-state index is 12.6. The molecule has 1 rings (SSSR count). The number of hydrogen-bond donors (Lipinski definition) is 1.